The maximum Gasteiger partial charge on any atom is 0.419 e. The molecule has 2 N–H and O–H groups in total. The second-order valence-electron chi connectivity index (χ2n) is 4.59. The molecule has 0 amide bonds. The molecule has 0 aliphatic heterocycles. The number of halogens is 3. The Morgan fingerprint density at radius 3 is 2.68 bits per heavy atom. The van der Waals surface area contributed by atoms with Gasteiger partial charge in [0, 0.05) is 6.20 Å². The van der Waals surface area contributed by atoms with Crippen molar-refractivity contribution in [2.75, 3.05) is 0 Å². The van der Waals surface area contributed by atoms with E-state index in [4.69, 9.17) is 5.73 Å². The van der Waals surface area contributed by atoms with Crippen molar-refractivity contribution >= 4 is 22.7 Å². The Morgan fingerprint density at radius 2 is 2.09 bits per heavy atom. The van der Waals surface area contributed by atoms with Gasteiger partial charge in [0.2, 0.25) is 0 Å². The van der Waals surface area contributed by atoms with Crippen molar-refractivity contribution in [3.8, 4) is 0 Å². The molecule has 2 aromatic heterocycles. The van der Waals surface area contributed by atoms with Crippen molar-refractivity contribution in [1.82, 2.24) is 14.8 Å². The molecule has 0 aliphatic rings. The van der Waals surface area contributed by atoms with E-state index in [0.29, 0.717) is 11.0 Å². The Hall–Kier alpha value is -2.64. The molecule has 0 saturated heterocycles. The van der Waals surface area contributed by atoms with Crippen LogP contribution >= 0.6 is 0 Å². The van der Waals surface area contributed by atoms with Gasteiger partial charge in [0.05, 0.1) is 17.3 Å². The van der Waals surface area contributed by atoms with Gasteiger partial charge in [-0.15, -0.1) is 0 Å². The van der Waals surface area contributed by atoms with Gasteiger partial charge in [0.1, 0.15) is 17.2 Å². The van der Waals surface area contributed by atoms with Gasteiger partial charge in [-0.1, -0.05) is 12.7 Å². The van der Waals surface area contributed by atoms with E-state index in [2.05, 4.69) is 21.7 Å². The Kier molecular flexibility index (Phi) is 4.03. The van der Waals surface area contributed by atoms with Gasteiger partial charge in [-0.25, -0.2) is 9.67 Å². The topological polar surface area (TPSA) is 69.1 Å². The zero-order chi connectivity index (χ0) is 16.5. The maximum absolute atomic E-state index is 12.8. The first-order chi connectivity index (χ1) is 10.2. The quantitative estimate of drug-likeness (QED) is 0.700. The monoisotopic (exact) mass is 309 g/mol. The van der Waals surface area contributed by atoms with E-state index in [9.17, 15) is 13.2 Å². The molecule has 0 aromatic carbocycles. The first-order valence-electron chi connectivity index (χ1n) is 6.31. The molecule has 2 heterocycles. The maximum atomic E-state index is 12.8. The van der Waals surface area contributed by atoms with Gasteiger partial charge in [-0.3, -0.25) is 4.98 Å². The largest absolute Gasteiger partial charge is 0.419 e. The fourth-order valence-corrected chi connectivity index (χ4v) is 1.92. The molecule has 0 radical (unpaired) electrons. The van der Waals surface area contributed by atoms with Crippen LogP contribution in [0, 0.1) is 6.92 Å². The molecule has 0 atom stereocenters. The van der Waals surface area contributed by atoms with E-state index in [1.807, 2.05) is 6.92 Å². The molecular weight excluding hydrogens is 295 g/mol. The van der Waals surface area contributed by atoms with Crippen LogP contribution in [0.15, 0.2) is 41.7 Å². The number of nitrogens with zero attached hydrogens (tertiary/aromatic N) is 4. The summed E-state index contributed by atoms with van der Waals surface area (Å²) < 4.78 is 39.6. The van der Waals surface area contributed by atoms with Crippen LogP contribution < -0.4 is 5.73 Å². The van der Waals surface area contributed by atoms with Gasteiger partial charge in [0.15, 0.2) is 0 Å². The second-order valence-corrected chi connectivity index (χ2v) is 4.59. The molecular formula is C14H14F3N5. The number of hydrogen-bond acceptors (Lipinski definition) is 3. The van der Waals surface area contributed by atoms with Crippen LogP contribution in [0.4, 0.5) is 13.2 Å². The third kappa shape index (κ3) is 3.00. The summed E-state index contributed by atoms with van der Waals surface area (Å²) in [5.41, 5.74) is 6.48. The number of alkyl halides is 3. The summed E-state index contributed by atoms with van der Waals surface area (Å²) in [7, 11) is 0. The zero-order valence-electron chi connectivity index (χ0n) is 12.0. The van der Waals surface area contributed by atoms with Crippen LogP contribution in [0.5, 0.6) is 0 Å². The Bertz CT molecular complexity index is 783. The number of aryl methyl sites for hydroxylation is 1. The fraction of sp³-hybridized carbons (Fsp3) is 0.214. The molecule has 5 nitrogen and oxygen atoms in total. The van der Waals surface area contributed by atoms with Crippen molar-refractivity contribution in [2.24, 2.45) is 10.7 Å². The first-order valence-corrected chi connectivity index (χ1v) is 6.31. The van der Waals surface area contributed by atoms with Crippen molar-refractivity contribution in [3.63, 3.8) is 0 Å². The second kappa shape index (κ2) is 5.63. The van der Waals surface area contributed by atoms with E-state index in [1.165, 1.54) is 17.8 Å². The minimum Gasteiger partial charge on any atom is -0.383 e. The first kappa shape index (κ1) is 15.7. The smallest absolute Gasteiger partial charge is 0.383 e. The number of allylic oxidation sites excluding steroid dienone is 1. The van der Waals surface area contributed by atoms with E-state index >= 15 is 0 Å². The number of rotatable bonds is 3. The number of aromatic nitrogens is 3. The van der Waals surface area contributed by atoms with Crippen LogP contribution in [-0.2, 0) is 0 Å². The van der Waals surface area contributed by atoms with Gasteiger partial charge >= 0.3 is 6.18 Å². The molecule has 22 heavy (non-hydrogen) atoms. The van der Waals surface area contributed by atoms with E-state index in [-0.39, 0.29) is 5.82 Å². The molecule has 0 aliphatic carbocycles. The summed E-state index contributed by atoms with van der Waals surface area (Å²) in [6.45, 7) is 6.71. The highest BCUT2D eigenvalue weighted by Gasteiger charge is 2.35. The fourth-order valence-electron chi connectivity index (χ4n) is 1.92. The van der Waals surface area contributed by atoms with Crippen LogP contribution in [-0.4, -0.2) is 26.8 Å². The number of nitrogens with two attached hydrogens (primary N) is 1. The predicted octanol–water partition coefficient (Wildman–Crippen LogP) is 3.03. The Balaban J connectivity index is 2.43. The van der Waals surface area contributed by atoms with Crippen molar-refractivity contribution in [3.05, 3.63) is 42.3 Å². The van der Waals surface area contributed by atoms with Crippen molar-refractivity contribution in [2.45, 2.75) is 20.0 Å². The van der Waals surface area contributed by atoms with Crippen LogP contribution in [0.2, 0.25) is 0 Å². The molecule has 0 saturated carbocycles. The van der Waals surface area contributed by atoms with Gasteiger partial charge < -0.3 is 5.73 Å². The average molecular weight is 309 g/mol. The summed E-state index contributed by atoms with van der Waals surface area (Å²) in [5.74, 6) is -0.687. The van der Waals surface area contributed by atoms with E-state index in [1.54, 1.807) is 12.3 Å². The number of hydrogen-bond donors (Lipinski definition) is 1. The standard InChI is InChI=1S/C14H14F3N5/c1-4-10(14(15,16)17)13(18)21-9(3)22-12-5-8(2)6-19-11(12)7-20-22/h4-7H,3H2,1-2H3,(H2,18,21)/b10-4+. The van der Waals surface area contributed by atoms with Crippen molar-refractivity contribution in [1.29, 1.82) is 0 Å². The highest BCUT2D eigenvalue weighted by Crippen LogP contribution is 2.26. The molecule has 116 valence electrons. The summed E-state index contributed by atoms with van der Waals surface area (Å²) in [5, 5.41) is 4.03. The molecule has 0 unspecified atom stereocenters. The molecule has 0 bridgehead atoms. The Labute approximate surface area is 124 Å². The average Bonchev–Trinajstić information content (AvgIpc) is 2.80. The molecule has 2 rings (SSSR count). The van der Waals surface area contributed by atoms with Gasteiger partial charge in [-0.05, 0) is 25.5 Å². The number of amidine groups is 1. The SMILES string of the molecule is C=C(/N=C(N)\C(=C/C)C(F)(F)F)n1ncc2ncc(C)cc21. The lowest BCUT2D eigenvalue weighted by molar-refractivity contribution is -0.0862. The lowest BCUT2D eigenvalue weighted by Gasteiger charge is -2.11. The highest BCUT2D eigenvalue weighted by atomic mass is 19.4. The van der Waals surface area contributed by atoms with E-state index < -0.39 is 17.6 Å². The summed E-state index contributed by atoms with van der Waals surface area (Å²) in [6.07, 6.45) is -0.575. The Morgan fingerprint density at radius 1 is 1.41 bits per heavy atom. The normalized spacial score (nSPS) is 13.7. The third-order valence-corrected chi connectivity index (χ3v) is 2.92. The van der Waals surface area contributed by atoms with E-state index in [0.717, 1.165) is 11.6 Å². The zero-order valence-corrected chi connectivity index (χ0v) is 12.0. The van der Waals surface area contributed by atoms with Crippen molar-refractivity contribution < 1.29 is 13.2 Å². The lowest BCUT2D eigenvalue weighted by Crippen LogP contribution is -2.26. The molecule has 2 aromatic rings. The van der Waals surface area contributed by atoms with Gasteiger partial charge in [0.25, 0.3) is 0 Å². The minimum atomic E-state index is -4.58. The number of pyridine rings is 1. The predicted molar refractivity (Wildman–Crippen MR) is 79.0 cm³/mol. The van der Waals surface area contributed by atoms with Crippen LogP contribution in [0.25, 0.3) is 16.9 Å². The van der Waals surface area contributed by atoms with Gasteiger partial charge in [-0.2, -0.15) is 18.3 Å². The molecule has 0 spiro atoms. The highest BCUT2D eigenvalue weighted by molar-refractivity contribution is 6.00. The minimum absolute atomic E-state index is 0.0245. The summed E-state index contributed by atoms with van der Waals surface area (Å²) >= 11 is 0. The lowest BCUT2D eigenvalue weighted by atomic mass is 10.2. The summed E-state index contributed by atoms with van der Waals surface area (Å²) in [4.78, 5) is 7.88. The third-order valence-electron chi connectivity index (χ3n) is 2.92. The molecule has 8 heteroatoms. The number of aliphatic imine (C=N–C) groups is 1. The summed E-state index contributed by atoms with van der Waals surface area (Å²) in [6, 6.07) is 1.78. The van der Waals surface area contributed by atoms with Crippen LogP contribution in [0.1, 0.15) is 12.5 Å². The number of fused-ring (bicyclic) bond motifs is 1. The molecule has 0 fully saturated rings. The van der Waals surface area contributed by atoms with Crippen LogP contribution in [0.3, 0.4) is 0 Å².